The van der Waals surface area contributed by atoms with Crippen molar-refractivity contribution in [3.05, 3.63) is 75.8 Å². The molecule has 28 heavy (non-hydrogen) atoms. The van der Waals surface area contributed by atoms with E-state index in [4.69, 9.17) is 0 Å². The lowest BCUT2D eigenvalue weighted by atomic mass is 9.91. The largest absolute Gasteiger partial charge is 0.335 e. The van der Waals surface area contributed by atoms with E-state index in [1.165, 1.54) is 17.7 Å². The molecule has 0 radical (unpaired) electrons. The molecule has 2 amide bonds. The van der Waals surface area contributed by atoms with Gasteiger partial charge in [0, 0.05) is 29.8 Å². The van der Waals surface area contributed by atoms with E-state index in [0.717, 1.165) is 5.56 Å². The van der Waals surface area contributed by atoms with Gasteiger partial charge in [0.05, 0.1) is 4.92 Å². The van der Waals surface area contributed by atoms with Gasteiger partial charge in [0.2, 0.25) is 0 Å². The first kappa shape index (κ1) is 18.7. The van der Waals surface area contributed by atoms with E-state index < -0.39 is 4.92 Å². The first-order valence-corrected chi connectivity index (χ1v) is 10.1. The molecule has 0 aromatic heterocycles. The molecule has 2 saturated heterocycles. The first-order valence-electron chi connectivity index (χ1n) is 9.05. The predicted molar refractivity (Wildman–Crippen MR) is 107 cm³/mol. The standard InChI is InChI=1S/C19H21N5O3S/c1-12-16(14-5-3-2-4-6-14)17-20-18(21-19(25)23(17)22-12)28-11-13-7-9-15(10-8-13)24(26)27/h2-10,12,16-18,20,22H,11H2,1H3,(H,21,25). The van der Waals surface area contributed by atoms with E-state index in [2.05, 4.69) is 35.1 Å². The van der Waals surface area contributed by atoms with Crippen molar-refractivity contribution in [2.24, 2.45) is 0 Å². The number of amides is 2. The number of urea groups is 1. The zero-order valence-electron chi connectivity index (χ0n) is 15.2. The molecule has 2 aromatic rings. The maximum absolute atomic E-state index is 12.6. The number of fused-ring (bicyclic) bond motifs is 1. The van der Waals surface area contributed by atoms with Crippen LogP contribution in [0.3, 0.4) is 0 Å². The number of hydrogen-bond acceptors (Lipinski definition) is 6. The number of nitro groups is 1. The van der Waals surface area contributed by atoms with Crippen LogP contribution in [0, 0.1) is 10.1 Å². The molecule has 2 aromatic carbocycles. The molecule has 4 atom stereocenters. The summed E-state index contributed by atoms with van der Waals surface area (Å²) in [7, 11) is 0. The Labute approximate surface area is 166 Å². The maximum atomic E-state index is 12.6. The van der Waals surface area contributed by atoms with E-state index in [0.29, 0.717) is 5.75 Å². The molecule has 3 N–H and O–H groups in total. The van der Waals surface area contributed by atoms with Gasteiger partial charge in [-0.15, -0.1) is 11.8 Å². The molecule has 0 saturated carbocycles. The molecule has 8 nitrogen and oxygen atoms in total. The Morgan fingerprint density at radius 3 is 2.54 bits per heavy atom. The van der Waals surface area contributed by atoms with Crippen LogP contribution in [0.2, 0.25) is 0 Å². The highest BCUT2D eigenvalue weighted by atomic mass is 32.2. The summed E-state index contributed by atoms with van der Waals surface area (Å²) in [4.78, 5) is 22.9. The third kappa shape index (κ3) is 3.68. The lowest BCUT2D eigenvalue weighted by Crippen LogP contribution is -2.65. The van der Waals surface area contributed by atoms with Gasteiger partial charge < -0.3 is 5.32 Å². The Balaban J connectivity index is 1.44. The van der Waals surface area contributed by atoms with Gasteiger partial charge in [-0.3, -0.25) is 15.4 Å². The third-order valence-corrected chi connectivity index (χ3v) is 6.13. The van der Waals surface area contributed by atoms with Gasteiger partial charge in [0.15, 0.2) is 0 Å². The van der Waals surface area contributed by atoms with Crippen molar-refractivity contribution in [2.75, 3.05) is 0 Å². The lowest BCUT2D eigenvalue weighted by molar-refractivity contribution is -0.384. The fourth-order valence-corrected chi connectivity index (χ4v) is 4.66. The summed E-state index contributed by atoms with van der Waals surface area (Å²) in [5.41, 5.74) is 5.22. The normalized spacial score (nSPS) is 26.6. The summed E-state index contributed by atoms with van der Waals surface area (Å²) in [5, 5.41) is 18.9. The molecule has 9 heteroatoms. The van der Waals surface area contributed by atoms with Crippen molar-refractivity contribution in [1.29, 1.82) is 0 Å². The number of benzene rings is 2. The number of non-ortho nitro benzene ring substituents is 1. The van der Waals surface area contributed by atoms with Crippen LogP contribution in [0.1, 0.15) is 24.0 Å². The topological polar surface area (TPSA) is 99.5 Å². The molecule has 2 aliphatic heterocycles. The van der Waals surface area contributed by atoms with Crippen molar-refractivity contribution in [1.82, 2.24) is 21.1 Å². The van der Waals surface area contributed by atoms with Crippen LogP contribution < -0.4 is 16.1 Å². The Morgan fingerprint density at radius 1 is 1.14 bits per heavy atom. The quantitative estimate of drug-likeness (QED) is 0.528. The third-order valence-electron chi connectivity index (χ3n) is 5.04. The number of hydrazine groups is 1. The summed E-state index contributed by atoms with van der Waals surface area (Å²) >= 11 is 1.55. The van der Waals surface area contributed by atoms with Gasteiger partial charge in [-0.25, -0.2) is 15.2 Å². The summed E-state index contributed by atoms with van der Waals surface area (Å²) in [6, 6.07) is 16.6. The van der Waals surface area contributed by atoms with Gasteiger partial charge in [-0.1, -0.05) is 42.5 Å². The minimum absolute atomic E-state index is 0.0743. The Bertz CT molecular complexity index is 864. The number of thioether (sulfide) groups is 1. The fraction of sp³-hybridized carbons (Fsp3) is 0.316. The molecule has 2 aliphatic rings. The number of rotatable bonds is 5. The Morgan fingerprint density at radius 2 is 1.86 bits per heavy atom. The van der Waals surface area contributed by atoms with Crippen LogP contribution in [-0.4, -0.2) is 33.7 Å². The fourth-order valence-electron chi connectivity index (χ4n) is 3.69. The van der Waals surface area contributed by atoms with Crippen LogP contribution >= 0.6 is 11.8 Å². The van der Waals surface area contributed by atoms with Crippen LogP contribution in [0.4, 0.5) is 10.5 Å². The molecule has 0 spiro atoms. The molecule has 0 bridgehead atoms. The minimum Gasteiger partial charge on any atom is -0.312 e. The van der Waals surface area contributed by atoms with Crippen molar-refractivity contribution in [2.45, 2.75) is 36.3 Å². The van der Waals surface area contributed by atoms with Gasteiger partial charge in [-0.2, -0.15) is 0 Å². The van der Waals surface area contributed by atoms with Crippen molar-refractivity contribution < 1.29 is 9.72 Å². The van der Waals surface area contributed by atoms with Crippen molar-refractivity contribution >= 4 is 23.5 Å². The molecular weight excluding hydrogens is 378 g/mol. The van der Waals surface area contributed by atoms with E-state index in [1.807, 2.05) is 18.2 Å². The minimum atomic E-state index is -0.410. The average Bonchev–Trinajstić information content (AvgIpc) is 3.04. The second-order valence-electron chi connectivity index (χ2n) is 6.90. The molecular formula is C19H21N5O3S. The summed E-state index contributed by atoms with van der Waals surface area (Å²) in [6.45, 7) is 2.07. The lowest BCUT2D eigenvalue weighted by Gasteiger charge is -2.37. The van der Waals surface area contributed by atoms with Crippen molar-refractivity contribution in [3.8, 4) is 0 Å². The highest BCUT2D eigenvalue weighted by molar-refractivity contribution is 7.99. The maximum Gasteiger partial charge on any atom is 0.335 e. The molecule has 146 valence electrons. The van der Waals surface area contributed by atoms with E-state index >= 15 is 0 Å². The second kappa shape index (κ2) is 7.78. The first-order chi connectivity index (χ1) is 13.5. The number of carbonyl (C=O) groups excluding carboxylic acids is 1. The smallest absolute Gasteiger partial charge is 0.312 e. The van der Waals surface area contributed by atoms with Crippen LogP contribution in [0.25, 0.3) is 0 Å². The van der Waals surface area contributed by atoms with Gasteiger partial charge in [-0.05, 0) is 18.1 Å². The molecule has 0 aliphatic carbocycles. The van der Waals surface area contributed by atoms with Gasteiger partial charge in [0.1, 0.15) is 11.7 Å². The second-order valence-corrected chi connectivity index (χ2v) is 7.99. The highest BCUT2D eigenvalue weighted by Gasteiger charge is 2.46. The highest BCUT2D eigenvalue weighted by Crippen LogP contribution is 2.33. The number of nitrogens with zero attached hydrogens (tertiary/aromatic N) is 2. The number of carbonyl (C=O) groups is 1. The summed E-state index contributed by atoms with van der Waals surface area (Å²) in [5.74, 6) is 0.761. The van der Waals surface area contributed by atoms with E-state index in [1.54, 1.807) is 28.9 Å². The van der Waals surface area contributed by atoms with Crippen molar-refractivity contribution in [3.63, 3.8) is 0 Å². The Hall–Kier alpha value is -2.62. The Kier molecular flexibility index (Phi) is 5.21. The zero-order chi connectivity index (χ0) is 19.7. The zero-order valence-corrected chi connectivity index (χ0v) is 16.1. The predicted octanol–water partition coefficient (Wildman–Crippen LogP) is 2.74. The van der Waals surface area contributed by atoms with Crippen LogP contribution in [-0.2, 0) is 5.75 Å². The van der Waals surface area contributed by atoms with Gasteiger partial charge in [0.25, 0.3) is 5.69 Å². The van der Waals surface area contributed by atoms with E-state index in [9.17, 15) is 14.9 Å². The average molecular weight is 399 g/mol. The molecule has 4 unspecified atom stereocenters. The summed E-state index contributed by atoms with van der Waals surface area (Å²) < 4.78 is 0. The number of nitrogens with one attached hydrogen (secondary N) is 3. The summed E-state index contributed by atoms with van der Waals surface area (Å²) in [6.07, 6.45) is -0.152. The SMILES string of the molecule is CC1NN2C(=O)NC(SCc3ccc([N+](=O)[O-])cc3)NC2C1c1ccccc1. The number of hydrogen-bond donors (Lipinski definition) is 3. The molecule has 4 rings (SSSR count). The molecule has 2 fully saturated rings. The van der Waals surface area contributed by atoms with Crippen LogP contribution in [0.5, 0.6) is 0 Å². The number of nitro benzene ring substituents is 1. The molecule has 2 heterocycles. The van der Waals surface area contributed by atoms with Crippen LogP contribution in [0.15, 0.2) is 54.6 Å². The van der Waals surface area contributed by atoms with Gasteiger partial charge >= 0.3 is 6.03 Å². The monoisotopic (exact) mass is 399 g/mol. The van der Waals surface area contributed by atoms with E-state index in [-0.39, 0.29) is 35.3 Å².